The molecule has 0 aliphatic heterocycles. The molecule has 3 rings (SSSR count). The maximum absolute atomic E-state index is 14.2. The van der Waals surface area contributed by atoms with Crippen molar-refractivity contribution in [1.29, 1.82) is 0 Å². The zero-order valence-corrected chi connectivity index (χ0v) is 25.3. The molecule has 10 heteroatoms. The van der Waals surface area contributed by atoms with Gasteiger partial charge in [0.25, 0.3) is 0 Å². The summed E-state index contributed by atoms with van der Waals surface area (Å²) in [5, 5.41) is 3.46. The second-order valence-electron chi connectivity index (χ2n) is 9.67. The Morgan fingerprint density at radius 1 is 0.951 bits per heavy atom. The number of amides is 2. The van der Waals surface area contributed by atoms with Crippen molar-refractivity contribution in [2.24, 2.45) is 0 Å². The summed E-state index contributed by atoms with van der Waals surface area (Å²) in [5.74, 6) is -0.501. The highest BCUT2D eigenvalue weighted by molar-refractivity contribution is 7.92. The van der Waals surface area contributed by atoms with E-state index >= 15 is 0 Å². The molecule has 0 aromatic heterocycles. The van der Waals surface area contributed by atoms with Crippen LogP contribution < -0.4 is 14.4 Å². The molecule has 0 heterocycles. The van der Waals surface area contributed by atoms with Gasteiger partial charge in [0.05, 0.1) is 18.6 Å². The van der Waals surface area contributed by atoms with Crippen LogP contribution in [0.4, 0.5) is 5.69 Å². The molecule has 2 amide bonds. The average Bonchev–Trinajstić information content (AvgIpc) is 2.94. The van der Waals surface area contributed by atoms with Gasteiger partial charge in [0, 0.05) is 24.5 Å². The number of carbonyl (C=O) groups is 2. The van der Waals surface area contributed by atoms with Gasteiger partial charge in [-0.2, -0.15) is 0 Å². The largest absolute Gasteiger partial charge is 0.492 e. The van der Waals surface area contributed by atoms with Crippen LogP contribution in [-0.4, -0.2) is 57.1 Å². The third kappa shape index (κ3) is 9.50. The molecule has 0 saturated carbocycles. The number of hydrogen-bond acceptors (Lipinski definition) is 5. The molecule has 0 aliphatic rings. The van der Waals surface area contributed by atoms with Crippen LogP contribution in [0, 0.1) is 0 Å². The molecule has 220 valence electrons. The number of hydrogen-bond donors (Lipinski definition) is 1. The molecule has 3 aromatic rings. The van der Waals surface area contributed by atoms with E-state index in [2.05, 4.69) is 5.32 Å². The van der Waals surface area contributed by atoms with Gasteiger partial charge in [0.2, 0.25) is 21.8 Å². The van der Waals surface area contributed by atoms with Gasteiger partial charge in [-0.1, -0.05) is 79.5 Å². The second-order valence-corrected chi connectivity index (χ2v) is 12.0. The minimum atomic E-state index is -3.91. The normalized spacial score (nSPS) is 11.9. The summed E-state index contributed by atoms with van der Waals surface area (Å²) in [5.41, 5.74) is 1.83. The molecular weight excluding hydrogens is 562 g/mol. The van der Waals surface area contributed by atoms with Crippen molar-refractivity contribution in [3.8, 4) is 5.75 Å². The first-order chi connectivity index (χ1) is 19.6. The van der Waals surface area contributed by atoms with Gasteiger partial charge < -0.3 is 15.0 Å². The van der Waals surface area contributed by atoms with Crippen molar-refractivity contribution in [2.45, 2.75) is 45.7 Å². The summed E-state index contributed by atoms with van der Waals surface area (Å²) in [7, 11) is -3.91. The van der Waals surface area contributed by atoms with Gasteiger partial charge in [-0.3, -0.25) is 13.9 Å². The highest BCUT2D eigenvalue weighted by Gasteiger charge is 2.33. The quantitative estimate of drug-likeness (QED) is 0.246. The number of rotatable bonds is 15. The lowest BCUT2D eigenvalue weighted by atomic mass is 10.0. The van der Waals surface area contributed by atoms with Crippen LogP contribution in [0.2, 0.25) is 5.02 Å². The maximum Gasteiger partial charge on any atom is 0.244 e. The number of nitrogens with one attached hydrogen (secondary N) is 1. The van der Waals surface area contributed by atoms with Crippen molar-refractivity contribution in [3.63, 3.8) is 0 Å². The Hall–Kier alpha value is -3.56. The number of sulfonamides is 1. The highest BCUT2D eigenvalue weighted by atomic mass is 35.5. The number of unbranched alkanes of at least 4 members (excludes halogenated alkanes) is 1. The predicted molar refractivity (Wildman–Crippen MR) is 164 cm³/mol. The smallest absolute Gasteiger partial charge is 0.244 e. The Bertz CT molecular complexity index is 1400. The number of ether oxygens (including phenoxy) is 1. The first-order valence-corrected chi connectivity index (χ1v) is 15.9. The fourth-order valence-corrected chi connectivity index (χ4v) is 5.49. The molecular formula is C31H38ClN3O5S. The molecule has 1 N–H and O–H groups in total. The first kappa shape index (κ1) is 32.0. The monoisotopic (exact) mass is 599 g/mol. The van der Waals surface area contributed by atoms with Crippen LogP contribution in [0.3, 0.4) is 0 Å². The van der Waals surface area contributed by atoms with Crippen molar-refractivity contribution >= 4 is 39.1 Å². The van der Waals surface area contributed by atoms with Gasteiger partial charge in [-0.25, -0.2) is 8.42 Å². The third-order valence-corrected chi connectivity index (χ3v) is 7.82. The van der Waals surface area contributed by atoms with Crippen molar-refractivity contribution in [3.05, 3.63) is 95.0 Å². The summed E-state index contributed by atoms with van der Waals surface area (Å²) >= 11 is 6.25. The van der Waals surface area contributed by atoms with Crippen LogP contribution >= 0.6 is 11.6 Å². The zero-order chi connectivity index (χ0) is 29.8. The highest BCUT2D eigenvalue weighted by Crippen LogP contribution is 2.30. The van der Waals surface area contributed by atoms with Crippen molar-refractivity contribution in [1.82, 2.24) is 10.2 Å². The van der Waals surface area contributed by atoms with E-state index in [1.165, 1.54) is 4.90 Å². The summed E-state index contributed by atoms with van der Waals surface area (Å²) in [6.07, 6.45) is 2.99. The maximum atomic E-state index is 14.2. The number of nitrogens with zero attached hydrogens (tertiary/aromatic N) is 2. The molecule has 0 spiro atoms. The van der Waals surface area contributed by atoms with E-state index in [9.17, 15) is 18.0 Å². The van der Waals surface area contributed by atoms with Gasteiger partial charge in [0.15, 0.2) is 0 Å². The van der Waals surface area contributed by atoms with Crippen LogP contribution in [0.1, 0.15) is 37.8 Å². The summed E-state index contributed by atoms with van der Waals surface area (Å²) in [4.78, 5) is 29.2. The number of anilines is 1. The average molecular weight is 600 g/mol. The molecule has 1 unspecified atom stereocenters. The van der Waals surface area contributed by atoms with Crippen molar-refractivity contribution < 1.29 is 22.7 Å². The van der Waals surface area contributed by atoms with Crippen LogP contribution in [0.15, 0.2) is 78.9 Å². The molecule has 1 atom stereocenters. The fraction of sp³-hybridized carbons (Fsp3) is 0.355. The number of para-hydroxylation sites is 2. The standard InChI is InChI=1S/C31H38ClN3O5S/c1-4-6-19-33-31(37)28(21-24-13-8-7-9-14-24)34(22-25-15-12-16-26(32)20-25)30(36)23-35(41(3,38)39)27-17-10-11-18-29(27)40-5-2/h7-18,20,28H,4-6,19,21-23H2,1-3H3,(H,33,37). The first-order valence-electron chi connectivity index (χ1n) is 13.7. The molecule has 0 aliphatic carbocycles. The topological polar surface area (TPSA) is 96.0 Å². The van der Waals surface area contributed by atoms with Crippen LogP contribution in [0.5, 0.6) is 5.75 Å². The second kappa shape index (κ2) is 15.4. The van der Waals surface area contributed by atoms with Gasteiger partial charge >= 0.3 is 0 Å². The van der Waals surface area contributed by atoms with E-state index in [0.717, 1.165) is 29.0 Å². The molecule has 41 heavy (non-hydrogen) atoms. The zero-order valence-electron chi connectivity index (χ0n) is 23.8. The Labute approximate surface area is 248 Å². The lowest BCUT2D eigenvalue weighted by Gasteiger charge is -2.33. The van der Waals surface area contributed by atoms with E-state index < -0.39 is 28.5 Å². The molecule has 0 saturated heterocycles. The Balaban J connectivity index is 2.06. The molecule has 0 fully saturated rings. The van der Waals surface area contributed by atoms with Crippen LogP contribution in [0.25, 0.3) is 0 Å². The van der Waals surface area contributed by atoms with Crippen molar-refractivity contribution in [2.75, 3.05) is 30.3 Å². The predicted octanol–water partition coefficient (Wildman–Crippen LogP) is 5.06. The van der Waals surface area contributed by atoms with E-state index in [0.29, 0.717) is 29.5 Å². The van der Waals surface area contributed by atoms with Gasteiger partial charge in [-0.05, 0) is 48.7 Å². The van der Waals surface area contributed by atoms with E-state index in [4.69, 9.17) is 16.3 Å². The summed E-state index contributed by atoms with van der Waals surface area (Å²) in [6.45, 7) is 4.16. The van der Waals surface area contributed by atoms with E-state index in [-0.39, 0.29) is 24.6 Å². The van der Waals surface area contributed by atoms with Crippen LogP contribution in [-0.2, 0) is 32.6 Å². The minimum Gasteiger partial charge on any atom is -0.492 e. The Kier molecular flexibility index (Phi) is 12.0. The fourth-order valence-electron chi connectivity index (χ4n) is 4.43. The summed E-state index contributed by atoms with van der Waals surface area (Å²) < 4.78 is 32.7. The SMILES string of the molecule is CCCCNC(=O)C(Cc1ccccc1)N(Cc1cccc(Cl)c1)C(=O)CN(c1ccccc1OCC)S(C)(=O)=O. The van der Waals surface area contributed by atoms with Gasteiger partial charge in [-0.15, -0.1) is 0 Å². The number of carbonyl (C=O) groups excluding carboxylic acids is 2. The lowest BCUT2D eigenvalue weighted by Crippen LogP contribution is -2.53. The Morgan fingerprint density at radius 3 is 2.29 bits per heavy atom. The Morgan fingerprint density at radius 2 is 1.63 bits per heavy atom. The lowest BCUT2D eigenvalue weighted by molar-refractivity contribution is -0.140. The molecule has 8 nitrogen and oxygen atoms in total. The molecule has 0 bridgehead atoms. The molecule has 0 radical (unpaired) electrons. The van der Waals surface area contributed by atoms with E-state index in [1.54, 1.807) is 49.4 Å². The third-order valence-electron chi connectivity index (χ3n) is 6.46. The van der Waals surface area contributed by atoms with Gasteiger partial charge in [0.1, 0.15) is 18.3 Å². The number of halogens is 1. The summed E-state index contributed by atoms with van der Waals surface area (Å²) in [6, 6.07) is 22.3. The molecule has 3 aromatic carbocycles. The van der Waals surface area contributed by atoms with E-state index in [1.807, 2.05) is 43.3 Å². The number of benzene rings is 3. The minimum absolute atomic E-state index is 0.0583.